The first kappa shape index (κ1) is 13.8. The molecule has 0 N–H and O–H groups in total. The number of ether oxygens (including phenoxy) is 1. The highest BCUT2D eigenvalue weighted by Crippen LogP contribution is 2.08. The minimum atomic E-state index is -0.128. The van der Waals surface area contributed by atoms with Crippen molar-refractivity contribution in [1.82, 2.24) is 0 Å². The first-order valence-corrected chi connectivity index (χ1v) is 6.51. The van der Waals surface area contributed by atoms with Crippen LogP contribution in [0.25, 0.3) is 0 Å². The van der Waals surface area contributed by atoms with Crippen molar-refractivity contribution in [2.75, 3.05) is 0 Å². The van der Waals surface area contributed by atoms with E-state index >= 15 is 0 Å². The Morgan fingerprint density at radius 1 is 1.24 bits per heavy atom. The van der Waals surface area contributed by atoms with Crippen LogP contribution < -0.4 is 0 Å². The van der Waals surface area contributed by atoms with Crippen molar-refractivity contribution in [2.24, 2.45) is 0 Å². The molecule has 1 aromatic heterocycles. The molecule has 0 aromatic carbocycles. The third kappa shape index (κ3) is 6.82. The molecule has 0 spiro atoms. The van der Waals surface area contributed by atoms with E-state index < -0.39 is 0 Å². The van der Waals surface area contributed by atoms with Crippen LogP contribution in [0.3, 0.4) is 0 Å². The number of esters is 1. The maximum atomic E-state index is 11.4. The van der Waals surface area contributed by atoms with Crippen LogP contribution in [0.5, 0.6) is 0 Å². The van der Waals surface area contributed by atoms with Gasteiger partial charge in [0.2, 0.25) is 0 Å². The van der Waals surface area contributed by atoms with Crippen LogP contribution in [-0.4, -0.2) is 5.97 Å². The van der Waals surface area contributed by atoms with Gasteiger partial charge >= 0.3 is 5.97 Å². The van der Waals surface area contributed by atoms with Crippen LogP contribution in [0.15, 0.2) is 22.8 Å². The predicted molar refractivity (Wildman–Crippen MR) is 66.5 cm³/mol. The molecule has 3 heteroatoms. The zero-order valence-electron chi connectivity index (χ0n) is 10.6. The van der Waals surface area contributed by atoms with Gasteiger partial charge in [-0.15, -0.1) is 0 Å². The monoisotopic (exact) mass is 238 g/mol. The highest BCUT2D eigenvalue weighted by Gasteiger charge is 2.04. The fourth-order valence-electron chi connectivity index (χ4n) is 1.67. The lowest BCUT2D eigenvalue weighted by molar-refractivity contribution is -0.145. The predicted octanol–water partition coefficient (Wildman–Crippen LogP) is 4.07. The summed E-state index contributed by atoms with van der Waals surface area (Å²) in [6.45, 7) is 2.45. The molecule has 1 aromatic rings. The van der Waals surface area contributed by atoms with Gasteiger partial charge in [-0.2, -0.15) is 0 Å². The van der Waals surface area contributed by atoms with E-state index in [4.69, 9.17) is 9.15 Å². The fourth-order valence-corrected chi connectivity index (χ4v) is 1.67. The van der Waals surface area contributed by atoms with Crippen molar-refractivity contribution in [3.63, 3.8) is 0 Å². The third-order valence-corrected chi connectivity index (χ3v) is 2.69. The summed E-state index contributed by atoms with van der Waals surface area (Å²) in [5.74, 6) is 0.568. The summed E-state index contributed by atoms with van der Waals surface area (Å²) < 4.78 is 10.2. The van der Waals surface area contributed by atoms with Crippen molar-refractivity contribution >= 4 is 5.97 Å². The van der Waals surface area contributed by atoms with Crippen molar-refractivity contribution in [1.29, 1.82) is 0 Å². The Kier molecular flexibility index (Phi) is 7.19. The first-order valence-electron chi connectivity index (χ1n) is 6.51. The van der Waals surface area contributed by atoms with Crippen LogP contribution >= 0.6 is 0 Å². The number of unbranched alkanes of at least 4 members (excludes halogenated alkanes) is 5. The van der Waals surface area contributed by atoms with E-state index in [0.717, 1.165) is 12.8 Å². The normalized spacial score (nSPS) is 10.4. The van der Waals surface area contributed by atoms with E-state index in [0.29, 0.717) is 12.2 Å². The summed E-state index contributed by atoms with van der Waals surface area (Å²) >= 11 is 0. The Labute approximate surface area is 103 Å². The smallest absolute Gasteiger partial charge is 0.306 e. The summed E-state index contributed by atoms with van der Waals surface area (Å²) in [5, 5.41) is 0. The van der Waals surface area contributed by atoms with Gasteiger partial charge in [0.05, 0.1) is 6.26 Å². The second-order valence-electron chi connectivity index (χ2n) is 4.26. The van der Waals surface area contributed by atoms with Crippen LogP contribution in [0.4, 0.5) is 0 Å². The number of carbonyl (C=O) groups excluding carboxylic acids is 1. The lowest BCUT2D eigenvalue weighted by Crippen LogP contribution is -2.03. The topological polar surface area (TPSA) is 39.4 Å². The first-order chi connectivity index (χ1) is 8.33. The molecule has 1 rings (SSSR count). The number of carbonyl (C=O) groups is 1. The molecule has 0 atom stereocenters. The second-order valence-corrected chi connectivity index (χ2v) is 4.26. The lowest BCUT2D eigenvalue weighted by atomic mass is 10.1. The summed E-state index contributed by atoms with van der Waals surface area (Å²) in [7, 11) is 0. The van der Waals surface area contributed by atoms with E-state index in [-0.39, 0.29) is 12.6 Å². The largest absolute Gasteiger partial charge is 0.466 e. The number of rotatable bonds is 9. The minimum Gasteiger partial charge on any atom is -0.466 e. The molecule has 96 valence electrons. The Balaban J connectivity index is 1.94. The number of hydrogen-bond acceptors (Lipinski definition) is 3. The fraction of sp³-hybridized carbons (Fsp3) is 0.643. The molecule has 0 unspecified atom stereocenters. The van der Waals surface area contributed by atoms with E-state index in [1.165, 1.54) is 25.7 Å². The second kappa shape index (κ2) is 8.85. The van der Waals surface area contributed by atoms with E-state index in [2.05, 4.69) is 6.92 Å². The van der Waals surface area contributed by atoms with Gasteiger partial charge in [0.25, 0.3) is 0 Å². The molecule has 0 saturated heterocycles. The van der Waals surface area contributed by atoms with Crippen LogP contribution in [-0.2, 0) is 16.1 Å². The van der Waals surface area contributed by atoms with Gasteiger partial charge in [-0.25, -0.2) is 0 Å². The van der Waals surface area contributed by atoms with Crippen molar-refractivity contribution in [3.05, 3.63) is 24.2 Å². The maximum Gasteiger partial charge on any atom is 0.306 e. The van der Waals surface area contributed by atoms with Crippen molar-refractivity contribution in [2.45, 2.75) is 58.5 Å². The third-order valence-electron chi connectivity index (χ3n) is 2.69. The quantitative estimate of drug-likeness (QED) is 0.481. The molecule has 0 aliphatic rings. The molecular formula is C14H22O3. The van der Waals surface area contributed by atoms with E-state index in [1.807, 2.05) is 0 Å². The molecule has 0 amide bonds. The van der Waals surface area contributed by atoms with Gasteiger partial charge < -0.3 is 9.15 Å². The van der Waals surface area contributed by atoms with Gasteiger partial charge in [-0.1, -0.05) is 39.0 Å². The molecular weight excluding hydrogens is 216 g/mol. The Morgan fingerprint density at radius 3 is 2.71 bits per heavy atom. The van der Waals surface area contributed by atoms with Crippen LogP contribution in [0, 0.1) is 0 Å². The van der Waals surface area contributed by atoms with Gasteiger partial charge in [-0.3, -0.25) is 4.79 Å². The molecule has 0 aliphatic heterocycles. The van der Waals surface area contributed by atoms with E-state index in [9.17, 15) is 4.79 Å². The van der Waals surface area contributed by atoms with Gasteiger partial charge in [0.15, 0.2) is 0 Å². The van der Waals surface area contributed by atoms with Crippen LogP contribution in [0.2, 0.25) is 0 Å². The molecule has 0 fully saturated rings. The summed E-state index contributed by atoms with van der Waals surface area (Å²) in [6, 6.07) is 3.59. The number of hydrogen-bond donors (Lipinski definition) is 0. The summed E-state index contributed by atoms with van der Waals surface area (Å²) in [6.07, 6.45) is 9.20. The van der Waals surface area contributed by atoms with Gasteiger partial charge in [0.1, 0.15) is 12.4 Å². The molecule has 0 radical (unpaired) electrons. The van der Waals surface area contributed by atoms with Crippen molar-refractivity contribution in [3.8, 4) is 0 Å². The average molecular weight is 238 g/mol. The molecule has 0 saturated carbocycles. The molecule has 0 bridgehead atoms. The Morgan fingerprint density at radius 2 is 2.00 bits per heavy atom. The highest BCUT2D eigenvalue weighted by atomic mass is 16.5. The zero-order chi connectivity index (χ0) is 12.3. The Hall–Kier alpha value is -1.25. The minimum absolute atomic E-state index is 0.128. The van der Waals surface area contributed by atoms with Gasteiger partial charge in [0, 0.05) is 6.42 Å². The SMILES string of the molecule is CCCCCCCCC(=O)OCc1ccco1. The van der Waals surface area contributed by atoms with E-state index in [1.54, 1.807) is 18.4 Å². The average Bonchev–Trinajstić information content (AvgIpc) is 2.84. The molecule has 0 aliphatic carbocycles. The van der Waals surface area contributed by atoms with Crippen LogP contribution in [0.1, 0.15) is 57.6 Å². The van der Waals surface area contributed by atoms with Crippen molar-refractivity contribution < 1.29 is 13.9 Å². The number of furan rings is 1. The lowest BCUT2D eigenvalue weighted by Gasteiger charge is -2.03. The molecule has 3 nitrogen and oxygen atoms in total. The Bertz CT molecular complexity index is 290. The molecule has 17 heavy (non-hydrogen) atoms. The maximum absolute atomic E-state index is 11.4. The highest BCUT2D eigenvalue weighted by molar-refractivity contribution is 5.69. The summed E-state index contributed by atoms with van der Waals surface area (Å²) in [4.78, 5) is 11.4. The summed E-state index contributed by atoms with van der Waals surface area (Å²) in [5.41, 5.74) is 0. The zero-order valence-corrected chi connectivity index (χ0v) is 10.6. The standard InChI is InChI=1S/C14H22O3/c1-2-3-4-5-6-7-10-14(15)17-12-13-9-8-11-16-13/h8-9,11H,2-7,10,12H2,1H3. The van der Waals surface area contributed by atoms with Gasteiger partial charge in [-0.05, 0) is 18.6 Å². The molecule has 1 heterocycles.